The van der Waals surface area contributed by atoms with E-state index in [-0.39, 0.29) is 18.2 Å². The molecule has 0 radical (unpaired) electrons. The van der Waals surface area contributed by atoms with Crippen LogP contribution in [0.2, 0.25) is 0 Å². The largest absolute Gasteiger partial charge is 0.481 e. The highest BCUT2D eigenvalue weighted by molar-refractivity contribution is 5.78. The molecule has 0 aromatic rings. The molecule has 2 unspecified atom stereocenters. The molecule has 1 heterocycles. The first-order valence-electron chi connectivity index (χ1n) is 6.05. The fourth-order valence-electron chi connectivity index (χ4n) is 2.37. The molecule has 16 heavy (non-hydrogen) atoms. The molecule has 1 aliphatic rings. The number of rotatable bonds is 5. The van der Waals surface area contributed by atoms with Gasteiger partial charge in [-0.05, 0) is 25.2 Å². The van der Waals surface area contributed by atoms with Gasteiger partial charge < -0.3 is 10.0 Å². The maximum atomic E-state index is 11.9. The highest BCUT2D eigenvalue weighted by Gasteiger charge is 2.28. The first-order chi connectivity index (χ1) is 7.54. The van der Waals surface area contributed by atoms with Crippen LogP contribution in [0.15, 0.2) is 0 Å². The van der Waals surface area contributed by atoms with Crippen LogP contribution in [0.1, 0.15) is 46.0 Å². The van der Waals surface area contributed by atoms with Gasteiger partial charge in [0.1, 0.15) is 0 Å². The summed E-state index contributed by atoms with van der Waals surface area (Å²) in [5, 5.41) is 8.64. The zero-order valence-electron chi connectivity index (χ0n) is 10.1. The zero-order chi connectivity index (χ0) is 12.1. The fraction of sp³-hybridized carbons (Fsp3) is 0.833. The Morgan fingerprint density at radius 1 is 1.44 bits per heavy atom. The molecule has 0 aliphatic carbocycles. The Morgan fingerprint density at radius 2 is 2.12 bits per heavy atom. The number of carbonyl (C=O) groups is 2. The van der Waals surface area contributed by atoms with E-state index in [1.54, 1.807) is 0 Å². The predicted molar refractivity (Wildman–Crippen MR) is 61.1 cm³/mol. The van der Waals surface area contributed by atoms with Crippen LogP contribution in [0, 0.1) is 5.92 Å². The minimum Gasteiger partial charge on any atom is -0.481 e. The molecule has 1 aliphatic heterocycles. The lowest BCUT2D eigenvalue weighted by Crippen LogP contribution is -2.36. The second kappa shape index (κ2) is 5.87. The van der Waals surface area contributed by atoms with Gasteiger partial charge in [-0.1, -0.05) is 13.8 Å². The van der Waals surface area contributed by atoms with Crippen molar-refractivity contribution >= 4 is 11.9 Å². The van der Waals surface area contributed by atoms with Crippen LogP contribution in [0.5, 0.6) is 0 Å². The first-order valence-corrected chi connectivity index (χ1v) is 6.05. The third-order valence-electron chi connectivity index (χ3n) is 3.21. The van der Waals surface area contributed by atoms with E-state index in [1.165, 1.54) is 0 Å². The fourth-order valence-corrected chi connectivity index (χ4v) is 2.37. The minimum absolute atomic E-state index is 0.0666. The van der Waals surface area contributed by atoms with E-state index >= 15 is 0 Å². The second-order valence-electron chi connectivity index (χ2n) is 4.70. The van der Waals surface area contributed by atoms with Crippen molar-refractivity contribution in [1.29, 1.82) is 0 Å². The number of likely N-dealkylation sites (tertiary alicyclic amines) is 1. The van der Waals surface area contributed by atoms with Crippen LogP contribution in [-0.2, 0) is 9.59 Å². The summed E-state index contributed by atoms with van der Waals surface area (Å²) in [7, 11) is 0. The van der Waals surface area contributed by atoms with Crippen molar-refractivity contribution in [2.75, 3.05) is 6.54 Å². The quantitative estimate of drug-likeness (QED) is 0.780. The molecule has 1 rings (SSSR count). The lowest BCUT2D eigenvalue weighted by molar-refractivity contribution is -0.138. The van der Waals surface area contributed by atoms with Gasteiger partial charge in [-0.25, -0.2) is 0 Å². The van der Waals surface area contributed by atoms with E-state index in [0.717, 1.165) is 25.8 Å². The van der Waals surface area contributed by atoms with Gasteiger partial charge in [-0.2, -0.15) is 0 Å². The highest BCUT2D eigenvalue weighted by atomic mass is 16.4. The molecule has 0 saturated carbocycles. The normalized spacial score (nSPS) is 22.1. The molecule has 1 fully saturated rings. The molecule has 4 heteroatoms. The van der Waals surface area contributed by atoms with Crippen molar-refractivity contribution in [3.8, 4) is 0 Å². The van der Waals surface area contributed by atoms with Crippen molar-refractivity contribution in [2.45, 2.75) is 52.0 Å². The maximum Gasteiger partial charge on any atom is 0.303 e. The number of amides is 1. The number of carboxylic acids is 1. The molecule has 0 spiro atoms. The van der Waals surface area contributed by atoms with E-state index < -0.39 is 5.97 Å². The number of aliphatic carboxylic acids is 1. The molecule has 1 amide bonds. The van der Waals surface area contributed by atoms with Gasteiger partial charge in [0.25, 0.3) is 0 Å². The first kappa shape index (κ1) is 13.0. The Hall–Kier alpha value is -1.06. The van der Waals surface area contributed by atoms with Crippen LogP contribution in [0.3, 0.4) is 0 Å². The Morgan fingerprint density at radius 3 is 2.69 bits per heavy atom. The van der Waals surface area contributed by atoms with Gasteiger partial charge in [-0.15, -0.1) is 0 Å². The number of nitrogens with zero attached hydrogens (tertiary/aromatic N) is 1. The molecule has 0 aromatic heterocycles. The van der Waals surface area contributed by atoms with Crippen molar-refractivity contribution in [3.63, 3.8) is 0 Å². The van der Waals surface area contributed by atoms with E-state index in [2.05, 4.69) is 6.92 Å². The van der Waals surface area contributed by atoms with E-state index in [4.69, 9.17) is 5.11 Å². The van der Waals surface area contributed by atoms with Gasteiger partial charge in [-0.3, -0.25) is 9.59 Å². The number of hydrogen-bond acceptors (Lipinski definition) is 2. The molecule has 1 N–H and O–H groups in total. The SMILES string of the molecule is CCC1CCCN1C(=O)CC(C)CC(=O)O. The predicted octanol–water partition coefficient (Wildman–Crippen LogP) is 1.89. The summed E-state index contributed by atoms with van der Waals surface area (Å²) in [5.41, 5.74) is 0. The van der Waals surface area contributed by atoms with Gasteiger partial charge in [0, 0.05) is 25.4 Å². The van der Waals surface area contributed by atoms with Crippen molar-refractivity contribution in [2.24, 2.45) is 5.92 Å². The van der Waals surface area contributed by atoms with Crippen LogP contribution >= 0.6 is 0 Å². The van der Waals surface area contributed by atoms with Gasteiger partial charge in [0.15, 0.2) is 0 Å². The summed E-state index contributed by atoms with van der Waals surface area (Å²) in [6.45, 7) is 4.76. The molecule has 4 nitrogen and oxygen atoms in total. The molecule has 2 atom stereocenters. The second-order valence-corrected chi connectivity index (χ2v) is 4.70. The average Bonchev–Trinajstić information content (AvgIpc) is 2.63. The summed E-state index contributed by atoms with van der Waals surface area (Å²) < 4.78 is 0. The summed E-state index contributed by atoms with van der Waals surface area (Å²) >= 11 is 0. The van der Waals surface area contributed by atoms with Gasteiger partial charge >= 0.3 is 5.97 Å². The van der Waals surface area contributed by atoms with E-state index in [9.17, 15) is 9.59 Å². The molecule has 0 bridgehead atoms. The van der Waals surface area contributed by atoms with E-state index in [0.29, 0.717) is 12.5 Å². The summed E-state index contributed by atoms with van der Waals surface area (Å²) in [5.74, 6) is -0.769. The topological polar surface area (TPSA) is 57.6 Å². The third-order valence-corrected chi connectivity index (χ3v) is 3.21. The number of carboxylic acid groups (broad SMARTS) is 1. The molecule has 0 aromatic carbocycles. The van der Waals surface area contributed by atoms with Gasteiger partial charge in [0.2, 0.25) is 5.91 Å². The highest BCUT2D eigenvalue weighted by Crippen LogP contribution is 2.22. The minimum atomic E-state index is -0.825. The van der Waals surface area contributed by atoms with Crippen molar-refractivity contribution < 1.29 is 14.7 Å². The zero-order valence-corrected chi connectivity index (χ0v) is 10.1. The number of carbonyl (C=O) groups excluding carboxylic acids is 1. The molecule has 1 saturated heterocycles. The Bertz CT molecular complexity index is 265. The van der Waals surface area contributed by atoms with Gasteiger partial charge in [0.05, 0.1) is 0 Å². The maximum absolute atomic E-state index is 11.9. The lowest BCUT2D eigenvalue weighted by atomic mass is 10.0. The van der Waals surface area contributed by atoms with Crippen LogP contribution in [-0.4, -0.2) is 34.5 Å². The third kappa shape index (κ3) is 3.51. The Kier molecular flexibility index (Phi) is 4.77. The Labute approximate surface area is 96.6 Å². The van der Waals surface area contributed by atoms with Crippen molar-refractivity contribution in [1.82, 2.24) is 4.90 Å². The van der Waals surface area contributed by atoms with E-state index in [1.807, 2.05) is 11.8 Å². The summed E-state index contributed by atoms with van der Waals surface area (Å²) in [6, 6.07) is 0.379. The Balaban J connectivity index is 2.42. The summed E-state index contributed by atoms with van der Waals surface area (Å²) in [6.07, 6.45) is 3.62. The molecule has 92 valence electrons. The number of hydrogen-bond donors (Lipinski definition) is 1. The summed E-state index contributed by atoms with van der Waals surface area (Å²) in [4.78, 5) is 24.4. The standard InChI is InChI=1S/C12H21NO3/c1-3-10-5-4-6-13(10)11(14)7-9(2)8-12(15)16/h9-10H,3-8H2,1-2H3,(H,15,16). The molecular formula is C12H21NO3. The average molecular weight is 227 g/mol. The monoisotopic (exact) mass is 227 g/mol. The van der Waals surface area contributed by atoms with Crippen LogP contribution in [0.25, 0.3) is 0 Å². The van der Waals surface area contributed by atoms with Crippen molar-refractivity contribution in [3.05, 3.63) is 0 Å². The lowest BCUT2D eigenvalue weighted by Gasteiger charge is -2.24. The van der Waals surface area contributed by atoms with Crippen LogP contribution in [0.4, 0.5) is 0 Å². The van der Waals surface area contributed by atoms with Crippen LogP contribution < -0.4 is 0 Å². The smallest absolute Gasteiger partial charge is 0.303 e. The molecular weight excluding hydrogens is 206 g/mol.